The van der Waals surface area contributed by atoms with E-state index in [0.717, 1.165) is 39.0 Å². The molecule has 0 bridgehead atoms. The van der Waals surface area contributed by atoms with E-state index in [9.17, 15) is 0 Å². The van der Waals surface area contributed by atoms with E-state index >= 15 is 0 Å². The monoisotopic (exact) mass is 310 g/mol. The number of nitrogens with two attached hydrogens (primary N) is 1. The van der Waals surface area contributed by atoms with Gasteiger partial charge in [0.25, 0.3) is 0 Å². The molecule has 5 nitrogen and oxygen atoms in total. The van der Waals surface area contributed by atoms with Gasteiger partial charge in [-0.1, -0.05) is 0 Å². The van der Waals surface area contributed by atoms with Crippen LogP contribution in [0.1, 0.15) is 38.5 Å². The van der Waals surface area contributed by atoms with E-state index in [4.69, 9.17) is 10.5 Å². The first kappa shape index (κ1) is 17.7. The molecular weight excluding hydrogens is 276 g/mol. The molecule has 2 rings (SSSR count). The van der Waals surface area contributed by atoms with E-state index in [1.807, 2.05) is 14.1 Å². The molecule has 2 fully saturated rings. The van der Waals surface area contributed by atoms with Crippen LogP contribution >= 0.6 is 0 Å². The Kier molecular flexibility index (Phi) is 7.66. The maximum absolute atomic E-state index is 6.16. The van der Waals surface area contributed by atoms with Crippen LogP contribution in [-0.2, 0) is 4.74 Å². The summed E-state index contributed by atoms with van der Waals surface area (Å²) < 4.78 is 6.15. The predicted octanol–water partition coefficient (Wildman–Crippen LogP) is 0.964. The number of ether oxygens (including phenoxy) is 1. The molecule has 2 unspecified atom stereocenters. The smallest absolute Gasteiger partial charge is 0.0638 e. The van der Waals surface area contributed by atoms with E-state index in [1.165, 1.54) is 24.8 Å². The summed E-state index contributed by atoms with van der Waals surface area (Å²) in [6.45, 7) is 2.82. The fourth-order valence-corrected chi connectivity index (χ4v) is 3.70. The van der Waals surface area contributed by atoms with Gasteiger partial charge in [-0.05, 0) is 69.8 Å². The van der Waals surface area contributed by atoms with Gasteiger partial charge in [-0.25, -0.2) is 0 Å². The third-order valence-electron chi connectivity index (χ3n) is 5.06. The zero-order valence-corrected chi connectivity index (χ0v) is 14.2. The molecule has 0 amide bonds. The van der Waals surface area contributed by atoms with Crippen molar-refractivity contribution in [3.05, 3.63) is 11.8 Å². The minimum absolute atomic E-state index is 0.255. The minimum atomic E-state index is 0.255. The second-order valence-corrected chi connectivity index (χ2v) is 6.71. The van der Waals surface area contributed by atoms with Crippen LogP contribution in [0.5, 0.6) is 0 Å². The second kappa shape index (κ2) is 9.50. The number of hydrogen-bond donors (Lipinski definition) is 4. The maximum atomic E-state index is 6.16. The predicted molar refractivity (Wildman–Crippen MR) is 91.8 cm³/mol. The Labute approximate surface area is 135 Å². The van der Waals surface area contributed by atoms with Gasteiger partial charge in [0.15, 0.2) is 0 Å². The zero-order chi connectivity index (χ0) is 15.8. The van der Waals surface area contributed by atoms with Gasteiger partial charge in [0.05, 0.1) is 12.7 Å². The van der Waals surface area contributed by atoms with Crippen molar-refractivity contribution in [1.29, 1.82) is 0 Å². The zero-order valence-electron chi connectivity index (χ0n) is 14.2. The number of rotatable bonds is 7. The molecule has 1 saturated carbocycles. The molecule has 0 radical (unpaired) electrons. The summed E-state index contributed by atoms with van der Waals surface area (Å²) in [5, 5.41) is 9.94. The quantitative estimate of drug-likeness (QED) is 0.564. The third-order valence-corrected chi connectivity index (χ3v) is 5.06. The van der Waals surface area contributed by atoms with Gasteiger partial charge >= 0.3 is 0 Å². The lowest BCUT2D eigenvalue weighted by atomic mass is 9.82. The normalized spacial score (nSPS) is 33.7. The van der Waals surface area contributed by atoms with E-state index < -0.39 is 0 Å². The first-order valence-corrected chi connectivity index (χ1v) is 8.86. The molecule has 22 heavy (non-hydrogen) atoms. The second-order valence-electron chi connectivity index (χ2n) is 6.71. The topological polar surface area (TPSA) is 71.3 Å². The molecule has 5 N–H and O–H groups in total. The Morgan fingerprint density at radius 3 is 2.64 bits per heavy atom. The largest absolute Gasteiger partial charge is 0.394 e. The summed E-state index contributed by atoms with van der Waals surface area (Å²) in [7, 11) is 3.99. The van der Waals surface area contributed by atoms with Gasteiger partial charge in [-0.15, -0.1) is 0 Å². The Morgan fingerprint density at radius 2 is 2.00 bits per heavy atom. The summed E-state index contributed by atoms with van der Waals surface area (Å²) in [6.07, 6.45) is 9.67. The van der Waals surface area contributed by atoms with E-state index in [1.54, 1.807) is 0 Å². The molecule has 1 saturated heterocycles. The van der Waals surface area contributed by atoms with Gasteiger partial charge in [-0.3, -0.25) is 0 Å². The van der Waals surface area contributed by atoms with Crippen molar-refractivity contribution >= 4 is 0 Å². The van der Waals surface area contributed by atoms with Crippen molar-refractivity contribution in [2.45, 2.75) is 56.7 Å². The Balaban J connectivity index is 1.71. The first-order valence-electron chi connectivity index (χ1n) is 8.86. The van der Waals surface area contributed by atoms with E-state index in [0.29, 0.717) is 18.1 Å². The first-order chi connectivity index (χ1) is 10.7. The fraction of sp³-hybridized carbons (Fsp3) is 0.882. The average Bonchev–Trinajstić information content (AvgIpc) is 2.54. The molecular formula is C17H34N4O. The summed E-state index contributed by atoms with van der Waals surface area (Å²) in [5.41, 5.74) is 7.64. The van der Waals surface area contributed by atoms with E-state index in [2.05, 4.69) is 22.2 Å². The molecule has 1 aliphatic heterocycles. The van der Waals surface area contributed by atoms with Crippen molar-refractivity contribution in [3.8, 4) is 0 Å². The fourth-order valence-electron chi connectivity index (χ4n) is 3.70. The highest BCUT2D eigenvalue weighted by Gasteiger charge is 2.26. The summed E-state index contributed by atoms with van der Waals surface area (Å²) >= 11 is 0. The highest BCUT2D eigenvalue weighted by molar-refractivity contribution is 5.09. The van der Waals surface area contributed by atoms with Crippen LogP contribution in [-0.4, -0.2) is 52.0 Å². The number of piperidine rings is 1. The van der Waals surface area contributed by atoms with E-state index in [-0.39, 0.29) is 6.04 Å². The lowest BCUT2D eigenvalue weighted by Gasteiger charge is -2.34. The van der Waals surface area contributed by atoms with Gasteiger partial charge in [0, 0.05) is 25.7 Å². The number of likely N-dealkylation sites (N-methyl/N-ethyl adjacent to an activating group) is 1. The third kappa shape index (κ3) is 5.23. The van der Waals surface area contributed by atoms with Crippen molar-refractivity contribution in [3.63, 3.8) is 0 Å². The van der Waals surface area contributed by atoms with Crippen LogP contribution in [0.25, 0.3) is 0 Å². The number of hydrogen-bond acceptors (Lipinski definition) is 5. The van der Waals surface area contributed by atoms with Gasteiger partial charge < -0.3 is 26.4 Å². The summed E-state index contributed by atoms with van der Waals surface area (Å²) in [6, 6.07) is 0.599. The maximum Gasteiger partial charge on any atom is 0.0638 e. The molecule has 1 aliphatic carbocycles. The van der Waals surface area contributed by atoms with Crippen molar-refractivity contribution in [1.82, 2.24) is 16.0 Å². The SMILES string of the molecule is CN/C=C(\CNC)C1CCC(OCC2NCCCC2N)CC1. The highest BCUT2D eigenvalue weighted by Crippen LogP contribution is 2.31. The van der Waals surface area contributed by atoms with Crippen molar-refractivity contribution in [2.75, 3.05) is 33.8 Å². The highest BCUT2D eigenvalue weighted by atomic mass is 16.5. The van der Waals surface area contributed by atoms with Gasteiger partial charge in [-0.2, -0.15) is 0 Å². The summed E-state index contributed by atoms with van der Waals surface area (Å²) in [5.74, 6) is 0.690. The van der Waals surface area contributed by atoms with Gasteiger partial charge in [0.2, 0.25) is 0 Å². The van der Waals surface area contributed by atoms with Crippen LogP contribution in [0, 0.1) is 5.92 Å². The van der Waals surface area contributed by atoms with Crippen LogP contribution in [0.3, 0.4) is 0 Å². The van der Waals surface area contributed by atoms with Crippen LogP contribution in [0.2, 0.25) is 0 Å². The molecule has 0 aromatic rings. The van der Waals surface area contributed by atoms with Crippen LogP contribution in [0.15, 0.2) is 11.8 Å². The minimum Gasteiger partial charge on any atom is -0.394 e. The Hall–Kier alpha value is -0.620. The lowest BCUT2D eigenvalue weighted by molar-refractivity contribution is 0.00331. The molecule has 2 atom stereocenters. The number of nitrogens with one attached hydrogen (secondary N) is 3. The molecule has 0 aromatic carbocycles. The Morgan fingerprint density at radius 1 is 1.23 bits per heavy atom. The molecule has 5 heteroatoms. The van der Waals surface area contributed by atoms with Crippen LogP contribution in [0.4, 0.5) is 0 Å². The standard InChI is InChI=1S/C17H34N4O/c1-19-10-14(11-20-2)13-5-7-15(8-6-13)22-12-17-16(18)4-3-9-21-17/h10,13,15-17,19-21H,3-9,11-12,18H2,1-2H3/b14-10+. The average molecular weight is 310 g/mol. The summed E-state index contributed by atoms with van der Waals surface area (Å²) in [4.78, 5) is 0. The van der Waals surface area contributed by atoms with Crippen molar-refractivity contribution in [2.24, 2.45) is 11.7 Å². The molecule has 2 aliphatic rings. The Bertz CT molecular complexity index is 340. The molecule has 128 valence electrons. The molecule has 0 aromatic heterocycles. The molecule has 0 spiro atoms. The van der Waals surface area contributed by atoms with Crippen LogP contribution < -0.4 is 21.7 Å². The van der Waals surface area contributed by atoms with Crippen molar-refractivity contribution < 1.29 is 4.74 Å². The lowest BCUT2D eigenvalue weighted by Crippen LogP contribution is -2.52. The molecule has 1 heterocycles. The van der Waals surface area contributed by atoms with Gasteiger partial charge in [0.1, 0.15) is 0 Å².